The van der Waals surface area contributed by atoms with Crippen molar-refractivity contribution in [3.05, 3.63) is 17.7 Å². The average molecular weight is 303 g/mol. The molecule has 0 saturated heterocycles. The number of methoxy groups -OCH3 is 3. The maximum atomic E-state index is 11.4. The summed E-state index contributed by atoms with van der Waals surface area (Å²) in [6, 6.07) is 3.53. The van der Waals surface area contributed by atoms with E-state index in [1.54, 1.807) is 34.3 Å². The molecule has 0 radical (unpaired) electrons. The zero-order valence-corrected chi connectivity index (χ0v) is 13.0. The Morgan fingerprint density at radius 2 is 1.80 bits per heavy atom. The Bertz CT molecular complexity index is 542. The normalized spacial score (nSPS) is 11.2. The fraction of sp³-hybridized carbons (Fsp3) is 0.538. The molecule has 0 aliphatic rings. The molecule has 0 unspecified atom stereocenters. The van der Waals surface area contributed by atoms with Gasteiger partial charge in [0.15, 0.2) is 11.5 Å². The molecule has 6 nitrogen and oxygen atoms in total. The minimum atomic E-state index is -3.19. The van der Waals surface area contributed by atoms with E-state index in [1.807, 2.05) is 6.07 Å². The second-order valence-corrected chi connectivity index (χ2v) is 6.17. The summed E-state index contributed by atoms with van der Waals surface area (Å²) in [6.07, 6.45) is 0.482. The molecule has 1 aromatic rings. The molecular formula is C13H21NO5S. The van der Waals surface area contributed by atoms with Crippen LogP contribution in [0, 0.1) is 0 Å². The summed E-state index contributed by atoms with van der Waals surface area (Å²) >= 11 is 0. The molecule has 0 atom stereocenters. The molecule has 0 aliphatic carbocycles. The fourth-order valence-corrected chi connectivity index (χ4v) is 2.38. The van der Waals surface area contributed by atoms with Crippen LogP contribution in [-0.4, -0.2) is 42.0 Å². The molecule has 1 rings (SSSR count). The van der Waals surface area contributed by atoms with Crippen molar-refractivity contribution in [2.24, 2.45) is 0 Å². The largest absolute Gasteiger partial charge is 0.497 e. The quantitative estimate of drug-likeness (QED) is 0.781. The zero-order valence-electron chi connectivity index (χ0n) is 12.2. The molecule has 0 aromatic heterocycles. The van der Waals surface area contributed by atoms with Crippen LogP contribution in [0.2, 0.25) is 0 Å². The molecule has 20 heavy (non-hydrogen) atoms. The molecule has 0 fully saturated rings. The fourth-order valence-electron chi connectivity index (χ4n) is 1.76. The lowest BCUT2D eigenvalue weighted by Crippen LogP contribution is -2.27. The maximum Gasteiger partial charge on any atom is 0.211 e. The highest BCUT2D eigenvalue weighted by Crippen LogP contribution is 2.35. The molecule has 7 heteroatoms. The van der Waals surface area contributed by atoms with Gasteiger partial charge >= 0.3 is 0 Å². The molecule has 1 aromatic carbocycles. The van der Waals surface area contributed by atoms with E-state index in [1.165, 1.54) is 0 Å². The highest BCUT2D eigenvalue weighted by atomic mass is 32.2. The number of nitrogens with one attached hydrogen (secondary N) is 1. The van der Waals surface area contributed by atoms with Crippen LogP contribution in [-0.2, 0) is 16.4 Å². The third-order valence-corrected chi connectivity index (χ3v) is 4.27. The van der Waals surface area contributed by atoms with E-state index < -0.39 is 10.0 Å². The van der Waals surface area contributed by atoms with E-state index in [-0.39, 0.29) is 5.75 Å². The Hall–Kier alpha value is -1.47. The van der Waals surface area contributed by atoms with Crippen molar-refractivity contribution in [2.75, 3.05) is 33.6 Å². The lowest BCUT2D eigenvalue weighted by Gasteiger charge is -2.15. The van der Waals surface area contributed by atoms with Crippen molar-refractivity contribution in [1.29, 1.82) is 0 Å². The van der Waals surface area contributed by atoms with Gasteiger partial charge in [-0.15, -0.1) is 0 Å². The predicted molar refractivity (Wildman–Crippen MR) is 77.3 cm³/mol. The number of ether oxygens (including phenoxy) is 3. The van der Waals surface area contributed by atoms with Crippen molar-refractivity contribution < 1.29 is 22.6 Å². The van der Waals surface area contributed by atoms with Crippen molar-refractivity contribution in [3.63, 3.8) is 0 Å². The van der Waals surface area contributed by atoms with Gasteiger partial charge in [0.05, 0.1) is 27.1 Å². The van der Waals surface area contributed by atoms with Gasteiger partial charge in [0.1, 0.15) is 5.75 Å². The Labute approximate surface area is 120 Å². The first-order valence-electron chi connectivity index (χ1n) is 6.23. The monoisotopic (exact) mass is 303 g/mol. The standard InChI is InChI=1S/C13H21NO5S/c1-5-20(15,16)14-7-6-10-8-11(17-2)9-12(18-3)13(10)19-4/h8-9,14H,5-7H2,1-4H3. The number of sulfonamides is 1. The molecule has 0 amide bonds. The first-order chi connectivity index (χ1) is 9.47. The van der Waals surface area contributed by atoms with E-state index in [4.69, 9.17) is 14.2 Å². The Balaban J connectivity index is 2.92. The van der Waals surface area contributed by atoms with Crippen molar-refractivity contribution >= 4 is 10.0 Å². The second kappa shape index (κ2) is 7.35. The minimum Gasteiger partial charge on any atom is -0.497 e. The van der Waals surface area contributed by atoms with Crippen LogP contribution in [0.25, 0.3) is 0 Å². The van der Waals surface area contributed by atoms with Gasteiger partial charge in [-0.3, -0.25) is 0 Å². The predicted octanol–water partition coefficient (Wildman–Crippen LogP) is 1.19. The number of benzene rings is 1. The first-order valence-corrected chi connectivity index (χ1v) is 7.88. The lowest BCUT2D eigenvalue weighted by atomic mass is 10.1. The molecule has 0 aliphatic heterocycles. The summed E-state index contributed by atoms with van der Waals surface area (Å²) < 4.78 is 41.1. The molecular weight excluding hydrogens is 282 g/mol. The number of rotatable bonds is 8. The molecule has 0 spiro atoms. The summed E-state index contributed by atoms with van der Waals surface area (Å²) in [5, 5.41) is 0. The van der Waals surface area contributed by atoms with Gasteiger partial charge in [0.2, 0.25) is 10.0 Å². The third kappa shape index (κ3) is 4.28. The van der Waals surface area contributed by atoms with Crippen molar-refractivity contribution in [1.82, 2.24) is 4.72 Å². The smallest absolute Gasteiger partial charge is 0.211 e. The van der Waals surface area contributed by atoms with Crippen LogP contribution in [0.5, 0.6) is 17.2 Å². The van der Waals surface area contributed by atoms with E-state index >= 15 is 0 Å². The van der Waals surface area contributed by atoms with Gasteiger partial charge in [-0.25, -0.2) is 13.1 Å². The Morgan fingerprint density at radius 1 is 1.10 bits per heavy atom. The molecule has 0 bridgehead atoms. The molecule has 0 heterocycles. The summed E-state index contributed by atoms with van der Waals surface area (Å²) in [5.74, 6) is 1.84. The molecule has 114 valence electrons. The maximum absolute atomic E-state index is 11.4. The minimum absolute atomic E-state index is 0.0611. The van der Waals surface area contributed by atoms with Crippen LogP contribution in [0.3, 0.4) is 0 Å². The van der Waals surface area contributed by atoms with E-state index in [9.17, 15) is 8.42 Å². The van der Waals surface area contributed by atoms with Crippen molar-refractivity contribution in [2.45, 2.75) is 13.3 Å². The van der Waals surface area contributed by atoms with E-state index in [0.29, 0.717) is 30.2 Å². The van der Waals surface area contributed by atoms with Crippen molar-refractivity contribution in [3.8, 4) is 17.2 Å². The third-order valence-electron chi connectivity index (χ3n) is 2.86. The summed E-state index contributed by atoms with van der Waals surface area (Å²) in [4.78, 5) is 0. The van der Waals surface area contributed by atoms with Gasteiger partial charge in [0, 0.05) is 18.2 Å². The highest BCUT2D eigenvalue weighted by Gasteiger charge is 2.14. The number of hydrogen-bond acceptors (Lipinski definition) is 5. The van der Waals surface area contributed by atoms with Crippen LogP contribution in [0.15, 0.2) is 12.1 Å². The van der Waals surface area contributed by atoms with Gasteiger partial charge in [-0.2, -0.15) is 0 Å². The van der Waals surface area contributed by atoms with Crippen LogP contribution < -0.4 is 18.9 Å². The van der Waals surface area contributed by atoms with Gasteiger partial charge in [-0.1, -0.05) is 0 Å². The Kier molecular flexibility index (Phi) is 6.09. The van der Waals surface area contributed by atoms with Crippen LogP contribution in [0.1, 0.15) is 12.5 Å². The van der Waals surface area contributed by atoms with E-state index in [0.717, 1.165) is 5.56 Å². The highest BCUT2D eigenvalue weighted by molar-refractivity contribution is 7.89. The summed E-state index contributed by atoms with van der Waals surface area (Å²) in [5.41, 5.74) is 0.822. The summed E-state index contributed by atoms with van der Waals surface area (Å²) in [7, 11) is 1.45. The van der Waals surface area contributed by atoms with Crippen LogP contribution in [0.4, 0.5) is 0 Å². The number of hydrogen-bond donors (Lipinski definition) is 1. The second-order valence-electron chi connectivity index (χ2n) is 4.07. The van der Waals surface area contributed by atoms with Gasteiger partial charge in [0.25, 0.3) is 0 Å². The molecule has 0 saturated carbocycles. The van der Waals surface area contributed by atoms with Crippen LogP contribution >= 0.6 is 0 Å². The summed E-state index contributed by atoms with van der Waals surface area (Å²) in [6.45, 7) is 1.89. The van der Waals surface area contributed by atoms with Gasteiger partial charge in [-0.05, 0) is 19.4 Å². The molecule has 1 N–H and O–H groups in total. The Morgan fingerprint density at radius 3 is 2.30 bits per heavy atom. The first kappa shape index (κ1) is 16.6. The van der Waals surface area contributed by atoms with Gasteiger partial charge < -0.3 is 14.2 Å². The topological polar surface area (TPSA) is 73.9 Å². The lowest BCUT2D eigenvalue weighted by molar-refractivity contribution is 0.345. The SMILES string of the molecule is CCS(=O)(=O)NCCc1cc(OC)cc(OC)c1OC. The van der Waals surface area contributed by atoms with E-state index in [2.05, 4.69) is 4.72 Å². The zero-order chi connectivity index (χ0) is 15.2. The average Bonchev–Trinajstić information content (AvgIpc) is 2.46.